The Bertz CT molecular complexity index is 796. The number of hydrogen-bond donors (Lipinski definition) is 0. The Hall–Kier alpha value is -2.01. The first-order valence-electron chi connectivity index (χ1n) is 9.79. The van der Waals surface area contributed by atoms with Crippen LogP contribution in [0.1, 0.15) is 54.1 Å². The first kappa shape index (κ1) is 18.4. The molecule has 1 amide bonds. The van der Waals surface area contributed by atoms with E-state index < -0.39 is 0 Å². The monoisotopic (exact) mass is 385 g/mol. The lowest BCUT2D eigenvalue weighted by Crippen LogP contribution is -2.40. The minimum Gasteiger partial charge on any atom is -0.493 e. The molecule has 1 aliphatic heterocycles. The van der Waals surface area contributed by atoms with E-state index in [1.165, 1.54) is 41.7 Å². The van der Waals surface area contributed by atoms with Crippen LogP contribution >= 0.6 is 11.3 Å². The molecular weight excluding hydrogens is 358 g/mol. The van der Waals surface area contributed by atoms with Crippen molar-refractivity contribution in [2.24, 2.45) is 5.92 Å². The summed E-state index contributed by atoms with van der Waals surface area (Å²) in [4.78, 5) is 16.5. The maximum atomic E-state index is 13.2. The van der Waals surface area contributed by atoms with Crippen molar-refractivity contribution in [3.05, 3.63) is 45.6 Å². The van der Waals surface area contributed by atoms with Gasteiger partial charge in [-0.25, -0.2) is 0 Å². The van der Waals surface area contributed by atoms with Crippen molar-refractivity contribution in [2.45, 2.75) is 44.6 Å². The van der Waals surface area contributed by atoms with Gasteiger partial charge in [0.15, 0.2) is 11.5 Å². The lowest BCUT2D eigenvalue weighted by Gasteiger charge is -2.38. The highest BCUT2D eigenvalue weighted by Crippen LogP contribution is 2.43. The summed E-state index contributed by atoms with van der Waals surface area (Å²) in [5.74, 6) is 2.34. The highest BCUT2D eigenvalue weighted by molar-refractivity contribution is 7.10. The third kappa shape index (κ3) is 3.57. The van der Waals surface area contributed by atoms with Crippen molar-refractivity contribution in [3.63, 3.8) is 0 Å². The summed E-state index contributed by atoms with van der Waals surface area (Å²) in [6.07, 6.45) is 6.48. The average Bonchev–Trinajstić information content (AvgIpc) is 3.39. The summed E-state index contributed by atoms with van der Waals surface area (Å²) in [6, 6.07) is 8.31. The number of carbonyl (C=O) groups excluding carboxylic acids is 1. The van der Waals surface area contributed by atoms with Crippen LogP contribution in [0.25, 0.3) is 0 Å². The van der Waals surface area contributed by atoms with Gasteiger partial charge < -0.3 is 14.4 Å². The minimum absolute atomic E-state index is 0.0255. The Balaban J connectivity index is 1.70. The summed E-state index contributed by atoms with van der Waals surface area (Å²) >= 11 is 1.71. The van der Waals surface area contributed by atoms with Gasteiger partial charge in [-0.15, -0.1) is 11.3 Å². The fourth-order valence-electron chi connectivity index (χ4n) is 4.55. The number of nitrogens with zero attached hydrogens (tertiary/aromatic N) is 1. The Morgan fingerprint density at radius 3 is 2.59 bits per heavy atom. The number of benzene rings is 1. The van der Waals surface area contributed by atoms with Crippen LogP contribution in [-0.4, -0.2) is 31.6 Å². The van der Waals surface area contributed by atoms with Crippen LogP contribution in [-0.2, 0) is 11.2 Å². The predicted molar refractivity (Wildman–Crippen MR) is 108 cm³/mol. The van der Waals surface area contributed by atoms with Crippen molar-refractivity contribution in [1.82, 2.24) is 4.90 Å². The summed E-state index contributed by atoms with van der Waals surface area (Å²) in [5.41, 5.74) is 2.41. The zero-order valence-electron chi connectivity index (χ0n) is 16.1. The molecule has 0 spiro atoms. The standard InChI is InChI=1S/C22H27NO3S/c1-25-18-13-16-9-10-23(21(24)12-15-6-3-4-7-15)22(20-8-5-11-27-20)17(16)14-19(18)26-2/h5,8,11,13-15,22H,3-4,6-7,9-10,12H2,1-2H3. The van der Waals surface area contributed by atoms with E-state index in [1.54, 1.807) is 25.6 Å². The Kier molecular flexibility index (Phi) is 5.39. The molecule has 4 rings (SSSR count). The quantitative estimate of drug-likeness (QED) is 0.741. The normalized spacial score (nSPS) is 19.8. The molecule has 1 fully saturated rings. The van der Waals surface area contributed by atoms with Gasteiger partial charge in [0, 0.05) is 17.8 Å². The summed E-state index contributed by atoms with van der Waals surface area (Å²) in [5, 5.41) is 2.09. The van der Waals surface area contributed by atoms with E-state index in [1.807, 2.05) is 0 Å². The molecule has 144 valence electrons. The number of thiophene rings is 1. The van der Waals surface area contributed by atoms with Gasteiger partial charge in [0.25, 0.3) is 0 Å². The van der Waals surface area contributed by atoms with Crippen molar-refractivity contribution >= 4 is 17.2 Å². The van der Waals surface area contributed by atoms with Gasteiger partial charge in [-0.3, -0.25) is 4.79 Å². The molecule has 0 radical (unpaired) electrons. The van der Waals surface area contributed by atoms with Gasteiger partial charge >= 0.3 is 0 Å². The molecule has 1 saturated carbocycles. The van der Waals surface area contributed by atoms with E-state index in [9.17, 15) is 4.79 Å². The second-order valence-corrected chi connectivity index (χ2v) is 8.49. The molecule has 2 aliphatic rings. The molecule has 4 nitrogen and oxygen atoms in total. The maximum absolute atomic E-state index is 13.2. The van der Waals surface area contributed by atoms with Crippen LogP contribution in [0.4, 0.5) is 0 Å². The van der Waals surface area contributed by atoms with Gasteiger partial charge in [-0.2, -0.15) is 0 Å². The molecule has 2 heterocycles. The van der Waals surface area contributed by atoms with Crippen molar-refractivity contribution in [3.8, 4) is 11.5 Å². The Labute approximate surface area is 165 Å². The lowest BCUT2D eigenvalue weighted by molar-refractivity contribution is -0.134. The average molecular weight is 386 g/mol. The predicted octanol–water partition coefficient (Wildman–Crippen LogP) is 4.82. The molecule has 1 aliphatic carbocycles. The van der Waals surface area contributed by atoms with E-state index >= 15 is 0 Å². The number of hydrogen-bond acceptors (Lipinski definition) is 4. The molecule has 1 aromatic heterocycles. The van der Waals surface area contributed by atoms with Crippen molar-refractivity contribution in [1.29, 1.82) is 0 Å². The number of ether oxygens (including phenoxy) is 2. The number of rotatable bonds is 5. The fourth-order valence-corrected chi connectivity index (χ4v) is 5.40. The Morgan fingerprint density at radius 2 is 1.93 bits per heavy atom. The van der Waals surface area contributed by atoms with E-state index in [2.05, 4.69) is 34.5 Å². The van der Waals surface area contributed by atoms with E-state index in [0.717, 1.165) is 24.5 Å². The van der Waals surface area contributed by atoms with Crippen LogP contribution in [0.15, 0.2) is 29.6 Å². The molecule has 27 heavy (non-hydrogen) atoms. The van der Waals surface area contributed by atoms with E-state index in [-0.39, 0.29) is 6.04 Å². The van der Waals surface area contributed by atoms with E-state index in [4.69, 9.17) is 9.47 Å². The van der Waals surface area contributed by atoms with Gasteiger partial charge in [0.05, 0.1) is 20.3 Å². The molecular formula is C22H27NO3S. The van der Waals surface area contributed by atoms with Gasteiger partial charge in [0.1, 0.15) is 0 Å². The van der Waals surface area contributed by atoms with Crippen LogP contribution in [0.3, 0.4) is 0 Å². The van der Waals surface area contributed by atoms with Crippen molar-refractivity contribution in [2.75, 3.05) is 20.8 Å². The molecule has 0 saturated heterocycles. The summed E-state index contributed by atoms with van der Waals surface area (Å²) in [6.45, 7) is 0.761. The van der Waals surface area contributed by atoms with Crippen molar-refractivity contribution < 1.29 is 14.3 Å². The smallest absolute Gasteiger partial charge is 0.223 e. The van der Waals surface area contributed by atoms with Crippen LogP contribution < -0.4 is 9.47 Å². The zero-order valence-corrected chi connectivity index (χ0v) is 16.9. The highest BCUT2D eigenvalue weighted by atomic mass is 32.1. The van der Waals surface area contributed by atoms with Crippen LogP contribution in [0, 0.1) is 5.92 Å². The van der Waals surface area contributed by atoms with Crippen LogP contribution in [0.5, 0.6) is 11.5 Å². The molecule has 0 N–H and O–H groups in total. The van der Waals surface area contributed by atoms with Gasteiger partial charge in [-0.1, -0.05) is 18.9 Å². The lowest BCUT2D eigenvalue weighted by atomic mass is 9.90. The molecule has 1 unspecified atom stereocenters. The topological polar surface area (TPSA) is 38.8 Å². The van der Waals surface area contributed by atoms with Gasteiger partial charge in [-0.05, 0) is 59.9 Å². The van der Waals surface area contributed by atoms with Crippen LogP contribution in [0.2, 0.25) is 0 Å². The maximum Gasteiger partial charge on any atom is 0.223 e. The second-order valence-electron chi connectivity index (χ2n) is 7.52. The Morgan fingerprint density at radius 1 is 1.19 bits per heavy atom. The SMILES string of the molecule is COc1cc2c(cc1OC)C(c1cccs1)N(C(=O)CC1CCCC1)CC2. The number of methoxy groups -OCH3 is 2. The van der Waals surface area contributed by atoms with Gasteiger partial charge in [0.2, 0.25) is 5.91 Å². The molecule has 1 aromatic carbocycles. The zero-order chi connectivity index (χ0) is 18.8. The largest absolute Gasteiger partial charge is 0.493 e. The fraction of sp³-hybridized carbons (Fsp3) is 0.500. The summed E-state index contributed by atoms with van der Waals surface area (Å²) in [7, 11) is 3.33. The molecule has 5 heteroatoms. The molecule has 0 bridgehead atoms. The molecule has 1 atom stereocenters. The third-order valence-corrected chi connectivity index (χ3v) is 6.87. The van der Waals surface area contributed by atoms with E-state index in [0.29, 0.717) is 18.2 Å². The number of carbonyl (C=O) groups is 1. The second kappa shape index (κ2) is 7.93. The third-order valence-electron chi connectivity index (χ3n) is 5.94. The number of fused-ring (bicyclic) bond motifs is 1. The molecule has 2 aromatic rings. The number of amides is 1. The summed E-state index contributed by atoms with van der Waals surface area (Å²) < 4.78 is 11.0. The highest BCUT2D eigenvalue weighted by Gasteiger charge is 2.34. The first-order chi connectivity index (χ1) is 13.2. The minimum atomic E-state index is -0.0255. The first-order valence-corrected chi connectivity index (χ1v) is 10.7.